The Balaban J connectivity index is 1.54. The number of piperidine rings is 1. The number of carbonyl (C=O) groups excluding carboxylic acids is 2. The summed E-state index contributed by atoms with van der Waals surface area (Å²) in [5, 5.41) is 2.84. The molecule has 1 aliphatic carbocycles. The molecule has 1 aliphatic heterocycles. The molecule has 0 aromatic heterocycles. The highest BCUT2D eigenvalue weighted by Gasteiger charge is 2.45. The van der Waals surface area contributed by atoms with Crippen molar-refractivity contribution in [1.29, 1.82) is 0 Å². The van der Waals surface area contributed by atoms with Crippen LogP contribution in [-0.4, -0.2) is 35.8 Å². The number of carbonyl (C=O) groups is 2. The van der Waals surface area contributed by atoms with Gasteiger partial charge >= 0.3 is 0 Å². The number of hydrogen-bond acceptors (Lipinski definition) is 2. The van der Waals surface area contributed by atoms with Gasteiger partial charge in [-0.2, -0.15) is 0 Å². The molecule has 4 nitrogen and oxygen atoms in total. The van der Waals surface area contributed by atoms with E-state index in [2.05, 4.69) is 18.8 Å². The Morgan fingerprint density at radius 1 is 1.12 bits per heavy atom. The van der Waals surface area contributed by atoms with Gasteiger partial charge in [-0.1, -0.05) is 25.6 Å². The average Bonchev–Trinajstić information content (AvgIpc) is 3.40. The number of hydrogen-bond donors (Lipinski definition) is 1. The summed E-state index contributed by atoms with van der Waals surface area (Å²) in [5.41, 5.74) is 3.22. The quantitative estimate of drug-likeness (QED) is 0.890. The summed E-state index contributed by atoms with van der Waals surface area (Å²) in [6, 6.07) is 6.91. The summed E-state index contributed by atoms with van der Waals surface area (Å²) in [6.07, 6.45) is 5.75. The molecule has 0 radical (unpaired) electrons. The molecule has 1 saturated heterocycles. The Labute approximate surface area is 150 Å². The van der Waals surface area contributed by atoms with Crippen LogP contribution < -0.4 is 5.32 Å². The SMILES string of the molecule is C=C(CC)c1ccc(C(=O)NC(C)C(=O)N2CCC3(CC2)CC3)cc1. The molecule has 3 rings (SSSR count). The number of likely N-dealkylation sites (tertiary alicyclic amines) is 1. The fourth-order valence-electron chi connectivity index (χ4n) is 3.56. The van der Waals surface area contributed by atoms with Crippen LogP contribution in [0.1, 0.15) is 61.9 Å². The zero-order valence-electron chi connectivity index (χ0n) is 15.3. The molecule has 1 unspecified atom stereocenters. The second-order valence-corrected chi connectivity index (χ2v) is 7.55. The Bertz CT molecular complexity index is 664. The largest absolute Gasteiger partial charge is 0.341 e. The number of amides is 2. The van der Waals surface area contributed by atoms with Crippen molar-refractivity contribution in [1.82, 2.24) is 10.2 Å². The van der Waals surface area contributed by atoms with E-state index in [9.17, 15) is 9.59 Å². The maximum Gasteiger partial charge on any atom is 0.251 e. The van der Waals surface area contributed by atoms with Crippen LogP contribution in [0.3, 0.4) is 0 Å². The van der Waals surface area contributed by atoms with E-state index in [1.807, 2.05) is 17.0 Å². The predicted molar refractivity (Wildman–Crippen MR) is 100 cm³/mol. The minimum Gasteiger partial charge on any atom is -0.341 e. The first-order valence-electron chi connectivity index (χ1n) is 9.32. The van der Waals surface area contributed by atoms with Gasteiger partial charge in [-0.3, -0.25) is 9.59 Å². The van der Waals surface area contributed by atoms with Crippen molar-refractivity contribution in [2.75, 3.05) is 13.1 Å². The molecule has 1 saturated carbocycles. The smallest absolute Gasteiger partial charge is 0.251 e. The molecule has 4 heteroatoms. The van der Waals surface area contributed by atoms with Gasteiger partial charge in [-0.15, -0.1) is 0 Å². The van der Waals surface area contributed by atoms with Crippen molar-refractivity contribution in [3.63, 3.8) is 0 Å². The molecule has 2 amide bonds. The van der Waals surface area contributed by atoms with Crippen molar-refractivity contribution >= 4 is 17.4 Å². The van der Waals surface area contributed by atoms with Crippen LogP contribution in [0.15, 0.2) is 30.8 Å². The maximum atomic E-state index is 12.6. The van der Waals surface area contributed by atoms with Crippen LogP contribution in [-0.2, 0) is 4.79 Å². The van der Waals surface area contributed by atoms with E-state index in [-0.39, 0.29) is 11.8 Å². The van der Waals surface area contributed by atoms with E-state index in [1.54, 1.807) is 19.1 Å². The Kier molecular flexibility index (Phi) is 4.98. The molecule has 1 heterocycles. The lowest BCUT2D eigenvalue weighted by atomic mass is 9.93. The van der Waals surface area contributed by atoms with E-state index in [4.69, 9.17) is 0 Å². The first kappa shape index (κ1) is 17.7. The summed E-state index contributed by atoms with van der Waals surface area (Å²) in [7, 11) is 0. The van der Waals surface area contributed by atoms with Gasteiger partial charge in [0.05, 0.1) is 0 Å². The van der Waals surface area contributed by atoms with Gasteiger partial charge in [0.2, 0.25) is 5.91 Å². The van der Waals surface area contributed by atoms with E-state index in [0.29, 0.717) is 11.0 Å². The lowest BCUT2D eigenvalue weighted by Gasteiger charge is -2.33. The summed E-state index contributed by atoms with van der Waals surface area (Å²) in [6.45, 7) is 9.49. The highest BCUT2D eigenvalue weighted by molar-refractivity contribution is 5.97. The van der Waals surface area contributed by atoms with Crippen LogP contribution in [0.2, 0.25) is 0 Å². The summed E-state index contributed by atoms with van der Waals surface area (Å²) in [4.78, 5) is 26.9. The highest BCUT2D eigenvalue weighted by atomic mass is 16.2. The molecule has 0 bridgehead atoms. The molecule has 1 aromatic carbocycles. The second kappa shape index (κ2) is 7.03. The van der Waals surface area contributed by atoms with E-state index >= 15 is 0 Å². The minimum atomic E-state index is -0.494. The van der Waals surface area contributed by atoms with Crippen LogP contribution in [0.25, 0.3) is 5.57 Å². The van der Waals surface area contributed by atoms with E-state index in [1.165, 1.54) is 12.8 Å². The van der Waals surface area contributed by atoms with Gasteiger partial charge in [0, 0.05) is 18.7 Å². The number of benzene rings is 1. The monoisotopic (exact) mass is 340 g/mol. The fraction of sp³-hybridized carbons (Fsp3) is 0.524. The number of nitrogens with one attached hydrogen (secondary N) is 1. The predicted octanol–water partition coefficient (Wildman–Crippen LogP) is 3.63. The average molecular weight is 340 g/mol. The van der Waals surface area contributed by atoms with Crippen LogP contribution in [0, 0.1) is 5.41 Å². The lowest BCUT2D eigenvalue weighted by molar-refractivity contribution is -0.134. The van der Waals surface area contributed by atoms with Gasteiger partial charge in [-0.05, 0) is 67.7 Å². The number of nitrogens with zero attached hydrogens (tertiary/aromatic N) is 1. The molecule has 2 fully saturated rings. The maximum absolute atomic E-state index is 12.6. The summed E-state index contributed by atoms with van der Waals surface area (Å²) in [5.74, 6) is -0.176. The minimum absolute atomic E-state index is 0.0276. The Morgan fingerprint density at radius 3 is 2.20 bits per heavy atom. The molecular formula is C21H28N2O2. The van der Waals surface area contributed by atoms with Gasteiger partial charge in [0.1, 0.15) is 6.04 Å². The van der Waals surface area contributed by atoms with Gasteiger partial charge < -0.3 is 10.2 Å². The normalized spacial score (nSPS) is 19.4. The van der Waals surface area contributed by atoms with Crippen LogP contribution in [0.4, 0.5) is 0 Å². The molecule has 1 aromatic rings. The third-order valence-corrected chi connectivity index (χ3v) is 5.79. The Morgan fingerprint density at radius 2 is 1.68 bits per heavy atom. The Hall–Kier alpha value is -2.10. The summed E-state index contributed by atoms with van der Waals surface area (Å²) < 4.78 is 0. The van der Waals surface area contributed by atoms with Crippen molar-refractivity contribution in [2.45, 2.75) is 52.0 Å². The van der Waals surface area contributed by atoms with Gasteiger partial charge in [-0.25, -0.2) is 0 Å². The first-order chi connectivity index (χ1) is 11.9. The molecule has 2 aliphatic rings. The number of rotatable bonds is 5. The van der Waals surface area contributed by atoms with E-state index in [0.717, 1.165) is 43.5 Å². The van der Waals surface area contributed by atoms with Gasteiger partial charge in [0.25, 0.3) is 5.91 Å². The molecular weight excluding hydrogens is 312 g/mol. The second-order valence-electron chi connectivity index (χ2n) is 7.55. The molecule has 1 N–H and O–H groups in total. The fourth-order valence-corrected chi connectivity index (χ4v) is 3.56. The van der Waals surface area contributed by atoms with Crippen LogP contribution >= 0.6 is 0 Å². The third kappa shape index (κ3) is 3.94. The summed E-state index contributed by atoms with van der Waals surface area (Å²) >= 11 is 0. The van der Waals surface area contributed by atoms with Crippen molar-refractivity contribution in [3.8, 4) is 0 Å². The standard InChI is InChI=1S/C21H28N2O2/c1-4-15(2)17-5-7-18(8-6-17)19(24)22-16(3)20(25)23-13-11-21(9-10-21)12-14-23/h5-8,16H,2,4,9-14H2,1,3H3,(H,22,24). The van der Waals surface area contributed by atoms with Crippen LogP contribution in [0.5, 0.6) is 0 Å². The highest BCUT2D eigenvalue weighted by Crippen LogP contribution is 2.53. The third-order valence-electron chi connectivity index (χ3n) is 5.79. The van der Waals surface area contributed by atoms with Crippen molar-refractivity contribution < 1.29 is 9.59 Å². The molecule has 1 spiro atoms. The van der Waals surface area contributed by atoms with Crippen molar-refractivity contribution in [2.24, 2.45) is 5.41 Å². The van der Waals surface area contributed by atoms with E-state index < -0.39 is 6.04 Å². The lowest BCUT2D eigenvalue weighted by Crippen LogP contribution is -2.49. The zero-order chi connectivity index (χ0) is 18.0. The topological polar surface area (TPSA) is 49.4 Å². The molecule has 25 heavy (non-hydrogen) atoms. The molecule has 134 valence electrons. The zero-order valence-corrected chi connectivity index (χ0v) is 15.3. The van der Waals surface area contributed by atoms with Gasteiger partial charge in [0.15, 0.2) is 0 Å². The van der Waals surface area contributed by atoms with Crippen molar-refractivity contribution in [3.05, 3.63) is 42.0 Å². The molecule has 1 atom stereocenters. The number of allylic oxidation sites excluding steroid dienone is 1. The first-order valence-corrected chi connectivity index (χ1v) is 9.32.